The Bertz CT molecular complexity index is 817. The summed E-state index contributed by atoms with van der Waals surface area (Å²) in [7, 11) is 0. The van der Waals surface area contributed by atoms with Crippen molar-refractivity contribution < 1.29 is 19.8 Å². The Hall–Kier alpha value is -2.87. The van der Waals surface area contributed by atoms with Gasteiger partial charge in [0.2, 0.25) is 5.91 Å². The monoisotopic (exact) mass is 344 g/mol. The minimum atomic E-state index is -1.05. The third kappa shape index (κ3) is 3.08. The molecule has 2 aromatic rings. The molecular formula is C17H20N4O4. The molecule has 2 amide bonds. The van der Waals surface area contributed by atoms with Crippen LogP contribution >= 0.6 is 0 Å². The van der Waals surface area contributed by atoms with E-state index < -0.39 is 6.09 Å². The molecule has 0 unspecified atom stereocenters. The van der Waals surface area contributed by atoms with Gasteiger partial charge in [0.15, 0.2) is 0 Å². The van der Waals surface area contributed by atoms with Crippen molar-refractivity contribution in [2.45, 2.75) is 26.4 Å². The molecule has 0 fully saturated rings. The summed E-state index contributed by atoms with van der Waals surface area (Å²) in [5.41, 5.74) is 2.68. The highest BCUT2D eigenvalue weighted by Crippen LogP contribution is 2.38. The second-order valence-electron chi connectivity index (χ2n) is 6.05. The van der Waals surface area contributed by atoms with Gasteiger partial charge in [-0.2, -0.15) is 5.10 Å². The summed E-state index contributed by atoms with van der Waals surface area (Å²) in [4.78, 5) is 26.5. The lowest BCUT2D eigenvalue weighted by atomic mass is 10.0. The number of fused-ring (bicyclic) bond motifs is 1. The molecule has 1 aromatic heterocycles. The zero-order valence-corrected chi connectivity index (χ0v) is 14.1. The predicted octanol–water partition coefficient (Wildman–Crippen LogP) is 1.78. The van der Waals surface area contributed by atoms with Crippen LogP contribution in [0.1, 0.15) is 13.8 Å². The van der Waals surface area contributed by atoms with Gasteiger partial charge in [0, 0.05) is 25.2 Å². The van der Waals surface area contributed by atoms with E-state index >= 15 is 0 Å². The normalized spacial score (nSPS) is 16.7. The number of hydrogen-bond acceptors (Lipinski definition) is 4. The molecule has 1 aromatic carbocycles. The van der Waals surface area contributed by atoms with Gasteiger partial charge in [-0.25, -0.2) is 4.79 Å². The number of anilines is 2. The van der Waals surface area contributed by atoms with Crippen molar-refractivity contribution in [1.82, 2.24) is 9.78 Å². The van der Waals surface area contributed by atoms with Gasteiger partial charge in [0.1, 0.15) is 0 Å². The number of rotatable bonds is 3. The molecule has 132 valence electrons. The Kier molecular flexibility index (Phi) is 4.45. The molecule has 0 saturated carbocycles. The Labute approximate surface area is 144 Å². The molecule has 0 aliphatic carbocycles. The topological polar surface area (TPSA) is 98.9 Å². The molecule has 0 saturated heterocycles. The minimum Gasteiger partial charge on any atom is -0.465 e. The molecule has 1 atom stereocenters. The van der Waals surface area contributed by atoms with Gasteiger partial charge in [-0.05, 0) is 24.6 Å². The highest BCUT2D eigenvalue weighted by atomic mass is 16.4. The first-order valence-electron chi connectivity index (χ1n) is 8.00. The molecule has 2 N–H and O–H groups in total. The fourth-order valence-corrected chi connectivity index (χ4v) is 3.20. The van der Waals surface area contributed by atoms with Gasteiger partial charge in [-0.1, -0.05) is 6.07 Å². The zero-order valence-electron chi connectivity index (χ0n) is 14.1. The first-order valence-corrected chi connectivity index (χ1v) is 8.00. The molecule has 0 radical (unpaired) electrons. The lowest BCUT2D eigenvalue weighted by Crippen LogP contribution is -2.51. The number of aromatic nitrogens is 2. The third-order valence-electron chi connectivity index (χ3n) is 4.28. The summed E-state index contributed by atoms with van der Waals surface area (Å²) in [6.45, 7) is 3.90. The number of benzene rings is 1. The Balaban J connectivity index is 2.07. The Morgan fingerprint density at radius 3 is 2.68 bits per heavy atom. The van der Waals surface area contributed by atoms with Crippen LogP contribution in [0, 0.1) is 0 Å². The standard InChI is InChI=1S/C17H20N4O4/c1-11-9-20(17(24)25)16-7-13(3-4-15(16)21(11)12(2)23)14-8-18-19(10-14)5-6-22/h3-4,7-8,10-11,22H,5-6,9H2,1-2H3,(H,24,25)/t11-/m0/s1. The first-order chi connectivity index (χ1) is 11.9. The maximum Gasteiger partial charge on any atom is 0.411 e. The van der Waals surface area contributed by atoms with Crippen LogP contribution < -0.4 is 9.80 Å². The molecule has 25 heavy (non-hydrogen) atoms. The summed E-state index contributed by atoms with van der Waals surface area (Å²) in [5, 5.41) is 22.7. The number of hydrogen-bond donors (Lipinski definition) is 2. The maximum atomic E-state index is 12.0. The molecule has 1 aliphatic rings. The van der Waals surface area contributed by atoms with Crippen LogP contribution in [0.25, 0.3) is 11.1 Å². The molecule has 1 aliphatic heterocycles. The van der Waals surface area contributed by atoms with Gasteiger partial charge >= 0.3 is 6.09 Å². The van der Waals surface area contributed by atoms with E-state index in [9.17, 15) is 14.7 Å². The summed E-state index contributed by atoms with van der Waals surface area (Å²) in [6.07, 6.45) is 2.40. The zero-order chi connectivity index (χ0) is 18.1. The highest BCUT2D eigenvalue weighted by Gasteiger charge is 2.33. The fraction of sp³-hybridized carbons (Fsp3) is 0.353. The van der Waals surface area contributed by atoms with Crippen molar-refractivity contribution in [3.05, 3.63) is 30.6 Å². The maximum absolute atomic E-state index is 12.0. The smallest absolute Gasteiger partial charge is 0.411 e. The molecule has 0 bridgehead atoms. The quantitative estimate of drug-likeness (QED) is 0.884. The second kappa shape index (κ2) is 6.56. The van der Waals surface area contributed by atoms with E-state index in [0.29, 0.717) is 17.9 Å². The van der Waals surface area contributed by atoms with E-state index in [-0.39, 0.29) is 25.1 Å². The number of carbonyl (C=O) groups excluding carboxylic acids is 1. The van der Waals surface area contributed by atoms with E-state index in [1.165, 1.54) is 11.8 Å². The number of amides is 2. The van der Waals surface area contributed by atoms with Crippen molar-refractivity contribution in [2.75, 3.05) is 23.0 Å². The van der Waals surface area contributed by atoms with Crippen LogP contribution in [0.15, 0.2) is 30.6 Å². The van der Waals surface area contributed by atoms with E-state index in [2.05, 4.69) is 5.10 Å². The lowest BCUT2D eigenvalue weighted by molar-refractivity contribution is -0.117. The first kappa shape index (κ1) is 17.0. The van der Waals surface area contributed by atoms with Crippen LogP contribution in [0.5, 0.6) is 0 Å². The number of nitrogens with zero attached hydrogens (tertiary/aromatic N) is 4. The molecule has 0 spiro atoms. The van der Waals surface area contributed by atoms with Crippen LogP contribution in [-0.4, -0.2) is 51.2 Å². The summed E-state index contributed by atoms with van der Waals surface area (Å²) < 4.78 is 1.62. The van der Waals surface area contributed by atoms with Gasteiger partial charge in [0.05, 0.1) is 36.8 Å². The van der Waals surface area contributed by atoms with Crippen molar-refractivity contribution in [3.8, 4) is 11.1 Å². The van der Waals surface area contributed by atoms with E-state index in [1.54, 1.807) is 34.1 Å². The molecular weight excluding hydrogens is 324 g/mol. The van der Waals surface area contributed by atoms with Crippen molar-refractivity contribution in [2.24, 2.45) is 0 Å². The fourth-order valence-electron chi connectivity index (χ4n) is 3.20. The third-order valence-corrected chi connectivity index (χ3v) is 4.28. The second-order valence-corrected chi connectivity index (χ2v) is 6.05. The van der Waals surface area contributed by atoms with Crippen LogP contribution in [-0.2, 0) is 11.3 Å². The number of carbonyl (C=O) groups is 2. The van der Waals surface area contributed by atoms with Crippen LogP contribution in [0.3, 0.4) is 0 Å². The minimum absolute atomic E-state index is 0.0104. The number of aliphatic hydroxyl groups excluding tert-OH is 1. The van der Waals surface area contributed by atoms with Gasteiger partial charge in [0.25, 0.3) is 0 Å². The van der Waals surface area contributed by atoms with Gasteiger partial charge in [-0.15, -0.1) is 0 Å². The summed E-state index contributed by atoms with van der Waals surface area (Å²) in [5.74, 6) is -0.123. The molecule has 8 nitrogen and oxygen atoms in total. The van der Waals surface area contributed by atoms with Crippen molar-refractivity contribution in [1.29, 1.82) is 0 Å². The summed E-state index contributed by atoms with van der Waals surface area (Å²) >= 11 is 0. The predicted molar refractivity (Wildman–Crippen MR) is 92.7 cm³/mol. The average Bonchev–Trinajstić information content (AvgIpc) is 3.02. The number of aliphatic hydroxyl groups is 1. The molecule has 8 heteroatoms. The Morgan fingerprint density at radius 1 is 1.28 bits per heavy atom. The number of carboxylic acid groups (broad SMARTS) is 1. The van der Waals surface area contributed by atoms with Crippen LogP contribution in [0.2, 0.25) is 0 Å². The molecule has 2 heterocycles. The van der Waals surface area contributed by atoms with Gasteiger partial charge in [-0.3, -0.25) is 14.4 Å². The van der Waals surface area contributed by atoms with Gasteiger partial charge < -0.3 is 15.1 Å². The lowest BCUT2D eigenvalue weighted by Gasteiger charge is -2.39. The van der Waals surface area contributed by atoms with Crippen molar-refractivity contribution >= 4 is 23.4 Å². The Morgan fingerprint density at radius 2 is 2.04 bits per heavy atom. The largest absolute Gasteiger partial charge is 0.465 e. The van der Waals surface area contributed by atoms with E-state index in [0.717, 1.165) is 11.1 Å². The average molecular weight is 344 g/mol. The van der Waals surface area contributed by atoms with Crippen molar-refractivity contribution in [3.63, 3.8) is 0 Å². The SMILES string of the molecule is CC(=O)N1c2ccc(-c3cnn(CCO)c3)cc2N(C(=O)O)C[C@@H]1C. The van der Waals surface area contributed by atoms with E-state index in [4.69, 9.17) is 5.11 Å². The van der Waals surface area contributed by atoms with E-state index in [1.807, 2.05) is 13.0 Å². The van der Waals surface area contributed by atoms with Crippen LogP contribution in [0.4, 0.5) is 16.2 Å². The summed E-state index contributed by atoms with van der Waals surface area (Å²) in [6, 6.07) is 5.12. The highest BCUT2D eigenvalue weighted by molar-refractivity contribution is 6.02. The molecule has 3 rings (SSSR count).